The van der Waals surface area contributed by atoms with E-state index in [-0.39, 0.29) is 6.09 Å². The van der Waals surface area contributed by atoms with Crippen molar-refractivity contribution in [2.45, 2.75) is 33.6 Å². The van der Waals surface area contributed by atoms with Gasteiger partial charge in [0, 0.05) is 35.9 Å². The highest BCUT2D eigenvalue weighted by atomic mass is 16.7. The monoisotopic (exact) mass is 556 g/mol. The minimum Gasteiger partial charge on any atom is -0.303 e. The summed E-state index contributed by atoms with van der Waals surface area (Å²) in [7, 11) is 0. The maximum atomic E-state index is 11.8. The molecule has 4 aromatic carbocycles. The zero-order valence-electron chi connectivity index (χ0n) is 25.1. The maximum absolute atomic E-state index is 11.8. The summed E-state index contributed by atoms with van der Waals surface area (Å²) in [5.74, 6) is 0.306. The number of rotatable bonds is 8. The quantitative estimate of drug-likeness (QED) is 0.198. The van der Waals surface area contributed by atoms with Crippen molar-refractivity contribution in [3.63, 3.8) is 0 Å². The number of pyridine rings is 1. The van der Waals surface area contributed by atoms with Gasteiger partial charge in [0.2, 0.25) is 11.9 Å². The molecule has 0 saturated carbocycles. The van der Waals surface area contributed by atoms with Crippen molar-refractivity contribution in [1.82, 2.24) is 4.90 Å². The Morgan fingerprint density at radius 1 is 0.619 bits per heavy atom. The van der Waals surface area contributed by atoms with Gasteiger partial charge in [-0.05, 0) is 19.9 Å². The van der Waals surface area contributed by atoms with Crippen molar-refractivity contribution >= 4 is 34.1 Å². The van der Waals surface area contributed by atoms with Gasteiger partial charge in [0.1, 0.15) is 6.15 Å². The first-order valence-electron chi connectivity index (χ1n) is 14.9. The lowest BCUT2D eigenvalue weighted by molar-refractivity contribution is -0.875. The second-order valence-corrected chi connectivity index (χ2v) is 10.6. The summed E-state index contributed by atoms with van der Waals surface area (Å²) in [6, 6.07) is 49.3. The molecule has 5 rings (SSSR count). The Morgan fingerprint density at radius 2 is 0.976 bits per heavy atom. The Labute approximate surface area is 251 Å². The maximum Gasteiger partial charge on any atom is 0.478 e. The van der Waals surface area contributed by atoms with Crippen LogP contribution in [0, 0.1) is 0 Å². The highest BCUT2D eigenvalue weighted by Gasteiger charge is 2.31. The molecule has 0 aliphatic carbocycles. The van der Waals surface area contributed by atoms with Crippen molar-refractivity contribution in [2.24, 2.45) is 0 Å². The lowest BCUT2D eigenvalue weighted by atomic mass is 9.13. The van der Waals surface area contributed by atoms with Gasteiger partial charge in [-0.15, -0.1) is 0 Å². The van der Waals surface area contributed by atoms with Crippen LogP contribution in [-0.2, 0) is 0 Å². The summed E-state index contributed by atoms with van der Waals surface area (Å²) < 4.78 is 1.55. The van der Waals surface area contributed by atoms with Crippen molar-refractivity contribution in [3.8, 4) is 0 Å². The van der Waals surface area contributed by atoms with E-state index < -0.39 is 6.15 Å². The number of carbonyl (C=O) groups is 1. The van der Waals surface area contributed by atoms with Crippen LogP contribution in [0.25, 0.3) is 0 Å². The third-order valence-electron chi connectivity index (χ3n) is 7.84. The molecule has 0 N–H and O–H groups in total. The first kappa shape index (κ1) is 30.3. The fourth-order valence-electron chi connectivity index (χ4n) is 5.72. The van der Waals surface area contributed by atoms with Gasteiger partial charge in [0.05, 0.1) is 0 Å². The number of nitrogens with zero attached hydrogens (tertiary/aromatic N) is 2. The standard InChI is InChI=1S/C24H20B.C13H21N2O2/c1-5-13-21(14-6-1)25(22-15-7-2-8-16-22,23-17-9-3-10-18-23)24-19-11-4-12-20-24;1-5-14(6-2)13(16)17-15-10-8-7-9-12(15)11(3)4/h1-20H;7-11H,5-6H2,1-4H3/q-1;+1. The third-order valence-corrected chi connectivity index (χ3v) is 7.84. The van der Waals surface area contributed by atoms with Crippen LogP contribution in [0.4, 0.5) is 4.79 Å². The van der Waals surface area contributed by atoms with E-state index in [0.717, 1.165) is 5.69 Å². The van der Waals surface area contributed by atoms with E-state index in [1.54, 1.807) is 15.8 Å². The first-order valence-corrected chi connectivity index (χ1v) is 14.9. The van der Waals surface area contributed by atoms with E-state index in [9.17, 15) is 4.79 Å². The van der Waals surface area contributed by atoms with Gasteiger partial charge in [-0.1, -0.05) is 135 Å². The summed E-state index contributed by atoms with van der Waals surface area (Å²) in [5, 5.41) is 0. The van der Waals surface area contributed by atoms with E-state index >= 15 is 0 Å². The van der Waals surface area contributed by atoms with Crippen LogP contribution >= 0.6 is 0 Å². The van der Waals surface area contributed by atoms with Gasteiger partial charge in [0.25, 0.3) is 0 Å². The molecule has 0 atom stereocenters. The van der Waals surface area contributed by atoms with E-state index in [4.69, 9.17) is 4.84 Å². The number of hydrogen-bond acceptors (Lipinski definition) is 2. The lowest BCUT2D eigenvalue weighted by Gasteiger charge is -2.44. The van der Waals surface area contributed by atoms with Crippen LogP contribution in [0.15, 0.2) is 146 Å². The van der Waals surface area contributed by atoms with Gasteiger partial charge < -0.3 is 4.90 Å². The Morgan fingerprint density at radius 3 is 1.31 bits per heavy atom. The Hall–Kier alpha value is -4.64. The molecule has 1 heterocycles. The highest BCUT2D eigenvalue weighted by molar-refractivity contribution is 7.19. The lowest BCUT2D eigenvalue weighted by Crippen LogP contribution is -2.74. The molecule has 214 valence electrons. The van der Waals surface area contributed by atoms with Crippen LogP contribution in [-0.4, -0.2) is 30.2 Å². The van der Waals surface area contributed by atoms with Crippen LogP contribution in [0.1, 0.15) is 39.3 Å². The number of carbonyl (C=O) groups excluding carboxylic acids is 1. The zero-order valence-corrected chi connectivity index (χ0v) is 25.1. The molecular formula is C37H41BN2O2. The average Bonchev–Trinajstić information content (AvgIpc) is 3.05. The third kappa shape index (κ3) is 6.80. The summed E-state index contributed by atoms with van der Waals surface area (Å²) >= 11 is 0. The molecule has 42 heavy (non-hydrogen) atoms. The van der Waals surface area contributed by atoms with Gasteiger partial charge in [0.15, 0.2) is 0 Å². The summed E-state index contributed by atoms with van der Waals surface area (Å²) in [5.41, 5.74) is 6.34. The minimum atomic E-state index is -1.22. The van der Waals surface area contributed by atoms with Crippen molar-refractivity contribution < 1.29 is 14.4 Å². The zero-order chi connectivity index (χ0) is 29.8. The molecular weight excluding hydrogens is 515 g/mol. The molecule has 5 heteroatoms. The van der Waals surface area contributed by atoms with Gasteiger partial charge >= 0.3 is 6.09 Å². The fraction of sp³-hybridized carbons (Fsp3) is 0.189. The highest BCUT2D eigenvalue weighted by Crippen LogP contribution is 2.09. The summed E-state index contributed by atoms with van der Waals surface area (Å²) in [6.45, 7) is 9.31. The molecule has 0 unspecified atom stereocenters. The average molecular weight is 557 g/mol. The molecule has 5 aromatic rings. The van der Waals surface area contributed by atoms with Crippen molar-refractivity contribution in [2.75, 3.05) is 13.1 Å². The number of amides is 1. The number of aromatic nitrogens is 1. The molecule has 4 nitrogen and oxygen atoms in total. The summed E-state index contributed by atoms with van der Waals surface area (Å²) in [6.07, 6.45) is 0.233. The normalized spacial score (nSPS) is 10.9. The van der Waals surface area contributed by atoms with E-state index in [1.165, 1.54) is 21.9 Å². The Kier molecular flexibility index (Phi) is 10.7. The van der Waals surface area contributed by atoms with Gasteiger partial charge in [-0.2, -0.15) is 26.7 Å². The first-order chi connectivity index (χ1) is 20.5. The fourth-order valence-corrected chi connectivity index (χ4v) is 5.72. The van der Waals surface area contributed by atoms with E-state index in [0.29, 0.717) is 19.0 Å². The van der Waals surface area contributed by atoms with Crippen LogP contribution in [0.5, 0.6) is 0 Å². The predicted octanol–water partition coefficient (Wildman–Crippen LogP) is 5.05. The predicted molar refractivity (Wildman–Crippen MR) is 176 cm³/mol. The second-order valence-electron chi connectivity index (χ2n) is 10.6. The van der Waals surface area contributed by atoms with Crippen LogP contribution < -0.4 is 31.4 Å². The van der Waals surface area contributed by atoms with E-state index in [2.05, 4.69) is 135 Å². The molecule has 0 bridgehead atoms. The van der Waals surface area contributed by atoms with Gasteiger partial charge in [-0.3, -0.25) is 0 Å². The molecule has 0 aliphatic rings. The molecule has 0 radical (unpaired) electrons. The Bertz CT molecular complexity index is 1340. The Balaban J connectivity index is 0.000000209. The minimum absolute atomic E-state index is 0.306. The molecule has 1 amide bonds. The molecule has 0 fully saturated rings. The smallest absolute Gasteiger partial charge is 0.303 e. The molecule has 1 aromatic heterocycles. The number of benzene rings is 4. The van der Waals surface area contributed by atoms with E-state index in [1.807, 2.05) is 32.0 Å². The van der Waals surface area contributed by atoms with Crippen molar-refractivity contribution in [1.29, 1.82) is 0 Å². The second kappa shape index (κ2) is 14.8. The van der Waals surface area contributed by atoms with Crippen LogP contribution in [0.2, 0.25) is 0 Å². The number of hydrogen-bond donors (Lipinski definition) is 0. The molecule has 0 aliphatic heterocycles. The molecule has 0 spiro atoms. The topological polar surface area (TPSA) is 33.4 Å². The van der Waals surface area contributed by atoms with Crippen molar-refractivity contribution in [3.05, 3.63) is 151 Å². The van der Waals surface area contributed by atoms with Gasteiger partial charge in [-0.25, -0.2) is 4.79 Å². The van der Waals surface area contributed by atoms with Crippen LogP contribution in [0.3, 0.4) is 0 Å². The largest absolute Gasteiger partial charge is 0.478 e. The summed E-state index contributed by atoms with van der Waals surface area (Å²) in [4.78, 5) is 18.8. The molecule has 0 saturated heterocycles. The SMILES string of the molecule is CCN(CC)C(=O)O[n+]1ccccc1C(C)C.c1ccc([B-](c2ccccc2)(c2ccccc2)c2ccccc2)cc1.